The lowest BCUT2D eigenvalue weighted by molar-refractivity contribution is 0.289. The topological polar surface area (TPSA) is 81.4 Å². The first-order valence-corrected chi connectivity index (χ1v) is 10.5. The summed E-state index contributed by atoms with van der Waals surface area (Å²) in [4.78, 5) is 0.180. The number of primary sulfonamides is 1. The maximum Gasteiger partial charge on any atom is 0.238 e. The molecule has 0 bridgehead atoms. The van der Waals surface area contributed by atoms with Gasteiger partial charge in [0.1, 0.15) is 12.4 Å². The summed E-state index contributed by atoms with van der Waals surface area (Å²) in [6.07, 6.45) is 3.01. The van der Waals surface area contributed by atoms with E-state index in [9.17, 15) is 8.42 Å². The van der Waals surface area contributed by atoms with E-state index in [4.69, 9.17) is 9.88 Å². The number of nitrogens with one attached hydrogen (secondary N) is 1. The van der Waals surface area contributed by atoms with E-state index in [1.54, 1.807) is 12.1 Å². The highest BCUT2D eigenvalue weighted by molar-refractivity contribution is 7.89. The van der Waals surface area contributed by atoms with Gasteiger partial charge in [-0.15, -0.1) is 0 Å². The van der Waals surface area contributed by atoms with Crippen LogP contribution in [0.25, 0.3) is 0 Å². The van der Waals surface area contributed by atoms with Crippen molar-refractivity contribution in [2.45, 2.75) is 50.1 Å². The van der Waals surface area contributed by atoms with Gasteiger partial charge in [-0.1, -0.05) is 18.2 Å². The van der Waals surface area contributed by atoms with Gasteiger partial charge in [-0.05, 0) is 67.5 Å². The number of hydrogen-bond donors (Lipinski definition) is 2. The molecule has 0 fully saturated rings. The minimum absolute atomic E-state index is 0.0987. The zero-order valence-corrected chi connectivity index (χ0v) is 15.9. The highest BCUT2D eigenvalue weighted by atomic mass is 32.2. The van der Waals surface area contributed by atoms with E-state index in [-0.39, 0.29) is 17.0 Å². The molecule has 0 amide bonds. The fourth-order valence-electron chi connectivity index (χ4n) is 4.04. The number of rotatable bonds is 3. The molecule has 2 aliphatic rings. The Labute approximate surface area is 154 Å². The average molecular weight is 372 g/mol. The second-order valence-electron chi connectivity index (χ2n) is 7.31. The van der Waals surface area contributed by atoms with Gasteiger partial charge in [0.25, 0.3) is 0 Å². The molecule has 2 unspecified atom stereocenters. The van der Waals surface area contributed by atoms with Crippen LogP contribution in [0.1, 0.15) is 52.7 Å². The maximum atomic E-state index is 11.7. The third-order valence-electron chi connectivity index (χ3n) is 5.64. The second kappa shape index (κ2) is 6.37. The number of nitrogens with two attached hydrogens (primary N) is 1. The first kappa shape index (κ1) is 17.5. The molecular weight excluding hydrogens is 348 g/mol. The van der Waals surface area contributed by atoms with Crippen LogP contribution in [0.4, 0.5) is 0 Å². The van der Waals surface area contributed by atoms with Crippen LogP contribution in [0.15, 0.2) is 35.2 Å². The summed E-state index contributed by atoms with van der Waals surface area (Å²) >= 11 is 0. The summed E-state index contributed by atoms with van der Waals surface area (Å²) in [7, 11) is -3.70. The largest absolute Gasteiger partial charge is 0.491 e. The number of sulfonamides is 1. The van der Waals surface area contributed by atoms with E-state index >= 15 is 0 Å². The Kier molecular flexibility index (Phi) is 4.29. The SMILES string of the molecule is Cc1ccc2c(c1C)OCC2NC1CCCc2ccc(S(N)(=O)=O)cc21. The average Bonchev–Trinajstić information content (AvgIpc) is 3.01. The van der Waals surface area contributed by atoms with Crippen molar-refractivity contribution in [2.75, 3.05) is 6.61 Å². The summed E-state index contributed by atoms with van der Waals surface area (Å²) in [5.74, 6) is 0.983. The molecule has 2 atom stereocenters. The predicted octanol–water partition coefficient (Wildman–Crippen LogP) is 3.05. The van der Waals surface area contributed by atoms with Gasteiger partial charge < -0.3 is 10.1 Å². The molecule has 138 valence electrons. The standard InChI is InChI=1S/C20H24N2O3S/c1-12-6-9-16-19(11-25-20(16)13(12)2)22-18-5-3-4-14-7-8-15(10-17(14)18)26(21,23)24/h6-10,18-19,22H,3-5,11H2,1-2H3,(H2,21,23,24). The molecule has 3 N–H and O–H groups in total. The molecule has 5 nitrogen and oxygen atoms in total. The molecule has 0 saturated heterocycles. The Morgan fingerprint density at radius 3 is 2.69 bits per heavy atom. The molecule has 26 heavy (non-hydrogen) atoms. The van der Waals surface area contributed by atoms with Crippen molar-refractivity contribution in [1.29, 1.82) is 0 Å². The number of hydrogen-bond acceptors (Lipinski definition) is 4. The van der Waals surface area contributed by atoms with Crippen molar-refractivity contribution >= 4 is 10.0 Å². The van der Waals surface area contributed by atoms with Crippen LogP contribution in [-0.2, 0) is 16.4 Å². The predicted molar refractivity (Wildman–Crippen MR) is 101 cm³/mol. The van der Waals surface area contributed by atoms with E-state index in [1.165, 1.54) is 22.3 Å². The lowest BCUT2D eigenvalue weighted by Crippen LogP contribution is -2.30. The Balaban J connectivity index is 1.66. The minimum atomic E-state index is -3.70. The lowest BCUT2D eigenvalue weighted by atomic mass is 9.87. The third-order valence-corrected chi connectivity index (χ3v) is 6.55. The summed E-state index contributed by atoms with van der Waals surface area (Å²) in [5, 5.41) is 9.02. The molecule has 1 aliphatic carbocycles. The molecule has 6 heteroatoms. The highest BCUT2D eigenvalue weighted by Gasteiger charge is 2.30. The molecule has 4 rings (SSSR count). The molecule has 1 aliphatic heterocycles. The van der Waals surface area contributed by atoms with Gasteiger partial charge in [0.2, 0.25) is 10.0 Å². The molecule has 0 radical (unpaired) electrons. The first-order chi connectivity index (χ1) is 12.3. The van der Waals surface area contributed by atoms with Crippen molar-refractivity contribution in [2.24, 2.45) is 5.14 Å². The van der Waals surface area contributed by atoms with Crippen LogP contribution in [0.2, 0.25) is 0 Å². The zero-order valence-electron chi connectivity index (χ0n) is 15.1. The van der Waals surface area contributed by atoms with E-state index < -0.39 is 10.0 Å². The van der Waals surface area contributed by atoms with Crippen molar-refractivity contribution in [3.63, 3.8) is 0 Å². The van der Waals surface area contributed by atoms with Crippen molar-refractivity contribution < 1.29 is 13.2 Å². The quantitative estimate of drug-likeness (QED) is 0.868. The number of benzene rings is 2. The van der Waals surface area contributed by atoms with Gasteiger partial charge in [-0.3, -0.25) is 0 Å². The fourth-order valence-corrected chi connectivity index (χ4v) is 4.59. The van der Waals surface area contributed by atoms with Crippen LogP contribution < -0.4 is 15.2 Å². The monoisotopic (exact) mass is 372 g/mol. The van der Waals surface area contributed by atoms with E-state index in [0.717, 1.165) is 30.6 Å². The van der Waals surface area contributed by atoms with Crippen LogP contribution in [-0.4, -0.2) is 15.0 Å². The van der Waals surface area contributed by atoms with Gasteiger partial charge >= 0.3 is 0 Å². The first-order valence-electron chi connectivity index (χ1n) is 8.99. The van der Waals surface area contributed by atoms with Crippen LogP contribution in [0, 0.1) is 13.8 Å². The van der Waals surface area contributed by atoms with Gasteiger partial charge in [-0.2, -0.15) is 0 Å². The molecule has 2 aromatic carbocycles. The van der Waals surface area contributed by atoms with Crippen LogP contribution in [0.3, 0.4) is 0 Å². The molecule has 1 heterocycles. The highest BCUT2D eigenvalue weighted by Crippen LogP contribution is 2.40. The molecule has 0 aromatic heterocycles. The molecular formula is C20H24N2O3S. The Morgan fingerprint density at radius 2 is 1.92 bits per heavy atom. The molecule has 0 saturated carbocycles. The summed E-state index contributed by atoms with van der Waals surface area (Å²) in [6.45, 7) is 4.77. The van der Waals surface area contributed by atoms with Gasteiger partial charge in [0, 0.05) is 11.6 Å². The summed E-state index contributed by atoms with van der Waals surface area (Å²) in [5.41, 5.74) is 5.83. The van der Waals surface area contributed by atoms with Gasteiger partial charge in [0.15, 0.2) is 0 Å². The number of aryl methyl sites for hydroxylation is 2. The van der Waals surface area contributed by atoms with Crippen LogP contribution in [0.5, 0.6) is 5.75 Å². The Bertz CT molecular complexity index is 969. The van der Waals surface area contributed by atoms with E-state index in [1.807, 2.05) is 6.07 Å². The normalized spacial score (nSPS) is 21.8. The minimum Gasteiger partial charge on any atom is -0.491 e. The van der Waals surface area contributed by atoms with E-state index in [0.29, 0.717) is 6.61 Å². The summed E-state index contributed by atoms with van der Waals surface area (Å²) < 4.78 is 29.4. The number of fused-ring (bicyclic) bond motifs is 2. The van der Waals surface area contributed by atoms with Crippen molar-refractivity contribution in [1.82, 2.24) is 5.32 Å². The summed E-state index contributed by atoms with van der Waals surface area (Å²) in [6, 6.07) is 9.71. The number of ether oxygens (including phenoxy) is 1. The van der Waals surface area contributed by atoms with E-state index in [2.05, 4.69) is 31.3 Å². The smallest absolute Gasteiger partial charge is 0.238 e. The Morgan fingerprint density at radius 1 is 1.12 bits per heavy atom. The maximum absolute atomic E-state index is 11.7. The second-order valence-corrected chi connectivity index (χ2v) is 8.87. The van der Waals surface area contributed by atoms with Crippen LogP contribution >= 0.6 is 0 Å². The van der Waals surface area contributed by atoms with Gasteiger partial charge in [-0.25, -0.2) is 13.6 Å². The Hall–Kier alpha value is -1.89. The molecule has 0 spiro atoms. The lowest BCUT2D eigenvalue weighted by Gasteiger charge is -2.29. The zero-order chi connectivity index (χ0) is 18.5. The fraction of sp³-hybridized carbons (Fsp3) is 0.400. The molecule has 2 aromatic rings. The van der Waals surface area contributed by atoms with Crippen molar-refractivity contribution in [3.8, 4) is 5.75 Å². The van der Waals surface area contributed by atoms with Crippen molar-refractivity contribution in [3.05, 3.63) is 58.1 Å². The third kappa shape index (κ3) is 3.02. The van der Waals surface area contributed by atoms with Gasteiger partial charge in [0.05, 0.1) is 10.9 Å².